The van der Waals surface area contributed by atoms with E-state index in [1.54, 1.807) is 23.6 Å². The highest BCUT2D eigenvalue weighted by atomic mass is 32.2. The second-order valence-electron chi connectivity index (χ2n) is 7.37. The van der Waals surface area contributed by atoms with Crippen molar-refractivity contribution in [3.05, 3.63) is 48.3 Å². The third-order valence-electron chi connectivity index (χ3n) is 5.21. The van der Waals surface area contributed by atoms with Crippen LogP contribution < -0.4 is 5.32 Å². The Morgan fingerprint density at radius 1 is 1.19 bits per heavy atom. The van der Waals surface area contributed by atoms with Crippen LogP contribution in [0.25, 0.3) is 16.6 Å². The molecule has 158 valence electrons. The van der Waals surface area contributed by atoms with E-state index < -0.39 is 0 Å². The molecular weight excluding hydrogens is 414 g/mol. The van der Waals surface area contributed by atoms with Gasteiger partial charge in [-0.3, -0.25) is 4.98 Å². The summed E-state index contributed by atoms with van der Waals surface area (Å²) in [6, 6.07) is 12.2. The smallest absolute Gasteiger partial charge is 0.217 e. The fraction of sp³-hybridized carbons (Fsp3) is 0.286. The molecule has 10 heteroatoms. The number of pyridine rings is 1. The molecule has 4 aromatic rings. The number of anilines is 1. The van der Waals surface area contributed by atoms with Gasteiger partial charge in [0, 0.05) is 29.5 Å². The maximum absolute atomic E-state index is 9.03. The van der Waals surface area contributed by atoms with Crippen molar-refractivity contribution in [2.45, 2.75) is 35.9 Å². The molecule has 1 aliphatic rings. The Balaban J connectivity index is 1.42. The molecule has 9 nitrogen and oxygen atoms in total. The molecule has 0 atom stereocenters. The van der Waals surface area contributed by atoms with Crippen LogP contribution >= 0.6 is 11.8 Å². The minimum Gasteiger partial charge on any atom is -0.411 e. The summed E-state index contributed by atoms with van der Waals surface area (Å²) >= 11 is 1.47. The summed E-state index contributed by atoms with van der Waals surface area (Å²) < 4.78 is 7.09. The Hall–Kier alpha value is -3.24. The number of rotatable bonds is 5. The van der Waals surface area contributed by atoms with E-state index in [4.69, 9.17) is 9.94 Å². The van der Waals surface area contributed by atoms with Crippen molar-refractivity contribution in [2.75, 3.05) is 18.5 Å². The van der Waals surface area contributed by atoms with E-state index in [9.17, 15) is 0 Å². The lowest BCUT2D eigenvalue weighted by molar-refractivity contribution is 0.0904. The maximum Gasteiger partial charge on any atom is 0.217 e. The van der Waals surface area contributed by atoms with Crippen molar-refractivity contribution in [3.63, 3.8) is 0 Å². The van der Waals surface area contributed by atoms with Crippen molar-refractivity contribution < 1.29 is 9.94 Å². The summed E-state index contributed by atoms with van der Waals surface area (Å²) in [4.78, 5) is 5.60. The first-order valence-electron chi connectivity index (χ1n) is 10.0. The first kappa shape index (κ1) is 19.7. The normalized spacial score (nSPS) is 15.6. The highest BCUT2D eigenvalue weighted by Gasteiger charge is 2.14. The van der Waals surface area contributed by atoms with Crippen LogP contribution in [0.3, 0.4) is 0 Å². The highest BCUT2D eigenvalue weighted by molar-refractivity contribution is 7.99. The van der Waals surface area contributed by atoms with E-state index >= 15 is 0 Å². The highest BCUT2D eigenvalue weighted by Crippen LogP contribution is 2.29. The number of hydrogen-bond donors (Lipinski definition) is 2. The second-order valence-corrected chi connectivity index (χ2v) is 8.41. The standard InChI is InChI=1S/C21H21N7O2S/c1-13(27-29)18-4-5-20-24-25-21(28(20)26-18)31-17-2-3-19-14(11-17)10-16(12-22-19)23-15-6-8-30-9-7-15/h2-5,10-12,15,23,29H,6-9H2,1H3/b27-13+. The van der Waals surface area contributed by atoms with Gasteiger partial charge in [0.15, 0.2) is 5.65 Å². The van der Waals surface area contributed by atoms with Crippen molar-refractivity contribution in [1.82, 2.24) is 24.8 Å². The Labute approximate surface area is 182 Å². The largest absolute Gasteiger partial charge is 0.411 e. The molecule has 2 N–H and O–H groups in total. The van der Waals surface area contributed by atoms with Crippen LogP contribution in [0.2, 0.25) is 0 Å². The molecule has 31 heavy (non-hydrogen) atoms. The zero-order valence-electron chi connectivity index (χ0n) is 16.9. The number of benzene rings is 1. The van der Waals surface area contributed by atoms with Crippen molar-refractivity contribution in [3.8, 4) is 0 Å². The van der Waals surface area contributed by atoms with Gasteiger partial charge in [0.1, 0.15) is 11.4 Å². The number of ether oxygens (including phenoxy) is 1. The van der Waals surface area contributed by atoms with Crippen LogP contribution in [0.15, 0.2) is 57.8 Å². The summed E-state index contributed by atoms with van der Waals surface area (Å²) in [6.07, 6.45) is 3.89. The predicted octanol–water partition coefficient (Wildman–Crippen LogP) is 3.61. The molecule has 1 fully saturated rings. The van der Waals surface area contributed by atoms with Gasteiger partial charge in [-0.05, 0) is 67.9 Å². The number of nitrogens with one attached hydrogen (secondary N) is 1. The molecule has 0 radical (unpaired) electrons. The summed E-state index contributed by atoms with van der Waals surface area (Å²) in [7, 11) is 0. The molecule has 5 rings (SSSR count). The van der Waals surface area contributed by atoms with Crippen molar-refractivity contribution in [1.29, 1.82) is 0 Å². The van der Waals surface area contributed by atoms with Gasteiger partial charge in [0.2, 0.25) is 5.16 Å². The van der Waals surface area contributed by atoms with E-state index in [1.165, 1.54) is 11.8 Å². The van der Waals surface area contributed by atoms with Crippen LogP contribution in [-0.2, 0) is 4.74 Å². The van der Waals surface area contributed by atoms with Crippen LogP contribution in [-0.4, -0.2) is 55.0 Å². The molecule has 0 amide bonds. The monoisotopic (exact) mass is 435 g/mol. The Morgan fingerprint density at radius 3 is 2.90 bits per heavy atom. The third-order valence-corrected chi connectivity index (χ3v) is 6.14. The van der Waals surface area contributed by atoms with E-state index in [0.29, 0.717) is 28.3 Å². The van der Waals surface area contributed by atoms with Gasteiger partial charge in [0.25, 0.3) is 0 Å². The molecule has 0 saturated carbocycles. The molecule has 1 saturated heterocycles. The molecule has 3 aromatic heterocycles. The second kappa shape index (κ2) is 8.48. The van der Waals surface area contributed by atoms with E-state index in [1.807, 2.05) is 18.3 Å². The number of aromatic nitrogens is 5. The average molecular weight is 436 g/mol. The van der Waals surface area contributed by atoms with Gasteiger partial charge < -0.3 is 15.3 Å². The third kappa shape index (κ3) is 4.17. The average Bonchev–Trinajstić information content (AvgIpc) is 3.21. The Bertz CT molecular complexity index is 1270. The van der Waals surface area contributed by atoms with Gasteiger partial charge in [-0.2, -0.15) is 9.61 Å². The van der Waals surface area contributed by atoms with Gasteiger partial charge in [-0.15, -0.1) is 10.2 Å². The molecule has 1 aromatic carbocycles. The van der Waals surface area contributed by atoms with Crippen molar-refractivity contribution >= 4 is 39.7 Å². The summed E-state index contributed by atoms with van der Waals surface area (Å²) in [5.74, 6) is 0. The lowest BCUT2D eigenvalue weighted by Gasteiger charge is -2.24. The zero-order chi connectivity index (χ0) is 21.2. The van der Waals surface area contributed by atoms with Gasteiger partial charge in [-0.25, -0.2) is 0 Å². The maximum atomic E-state index is 9.03. The van der Waals surface area contributed by atoms with Crippen LogP contribution in [0.5, 0.6) is 0 Å². The van der Waals surface area contributed by atoms with Crippen molar-refractivity contribution in [2.24, 2.45) is 5.16 Å². The fourth-order valence-electron chi connectivity index (χ4n) is 3.51. The van der Waals surface area contributed by atoms with E-state index in [2.05, 4.69) is 42.9 Å². The van der Waals surface area contributed by atoms with Crippen LogP contribution in [0.4, 0.5) is 5.69 Å². The zero-order valence-corrected chi connectivity index (χ0v) is 17.7. The minimum absolute atomic E-state index is 0.416. The number of hydrogen-bond acceptors (Lipinski definition) is 9. The SMILES string of the molecule is C/C(=N\O)c1ccc2nnc(Sc3ccc4ncc(NC5CCOCC5)cc4c3)n2n1. The summed E-state index contributed by atoms with van der Waals surface area (Å²) in [6.45, 7) is 3.28. The van der Waals surface area contributed by atoms with E-state index in [0.717, 1.165) is 47.5 Å². The van der Waals surface area contributed by atoms with Gasteiger partial charge in [0.05, 0.1) is 17.4 Å². The lowest BCUT2D eigenvalue weighted by atomic mass is 10.1. The molecule has 0 bridgehead atoms. The van der Waals surface area contributed by atoms with Crippen LogP contribution in [0.1, 0.15) is 25.5 Å². The van der Waals surface area contributed by atoms with Crippen LogP contribution in [0, 0.1) is 0 Å². The molecule has 4 heterocycles. The Kier molecular flexibility index (Phi) is 5.39. The summed E-state index contributed by atoms with van der Waals surface area (Å²) in [5.41, 5.74) is 3.56. The summed E-state index contributed by atoms with van der Waals surface area (Å²) in [5, 5.41) is 30.4. The van der Waals surface area contributed by atoms with E-state index in [-0.39, 0.29) is 0 Å². The molecule has 0 spiro atoms. The van der Waals surface area contributed by atoms with Gasteiger partial charge in [-0.1, -0.05) is 5.16 Å². The Morgan fingerprint density at radius 2 is 2.06 bits per heavy atom. The minimum atomic E-state index is 0.416. The number of nitrogens with zero attached hydrogens (tertiary/aromatic N) is 6. The van der Waals surface area contributed by atoms with Gasteiger partial charge >= 0.3 is 0 Å². The molecule has 1 aliphatic heterocycles. The molecule has 0 unspecified atom stereocenters. The first-order chi connectivity index (χ1) is 15.2. The fourth-order valence-corrected chi connectivity index (χ4v) is 4.35. The number of oxime groups is 1. The molecule has 0 aliphatic carbocycles. The number of fused-ring (bicyclic) bond motifs is 2. The first-order valence-corrected chi connectivity index (χ1v) is 10.8. The lowest BCUT2D eigenvalue weighted by Crippen LogP contribution is -2.27. The quantitative estimate of drug-likeness (QED) is 0.278. The topological polar surface area (TPSA) is 110 Å². The molecular formula is C21H21N7O2S. The predicted molar refractivity (Wildman–Crippen MR) is 118 cm³/mol.